The van der Waals surface area contributed by atoms with Crippen molar-refractivity contribution >= 4 is 5.97 Å². The Kier molecular flexibility index (Phi) is 5.93. The molecule has 2 heteroatoms. The molecule has 0 aliphatic heterocycles. The minimum Gasteiger partial charge on any atom is -0.457 e. The fourth-order valence-electron chi connectivity index (χ4n) is 0.811. The van der Waals surface area contributed by atoms with Crippen molar-refractivity contribution in [3.8, 4) is 0 Å². The van der Waals surface area contributed by atoms with Crippen LogP contribution in [0.5, 0.6) is 0 Å². The standard InChI is InChI=1S/C12H20O2/c1-5-6-7-8-9-10-11(13)14-12(2,3)4/h7-10H,5-6H2,1-4H3. The lowest BCUT2D eigenvalue weighted by Crippen LogP contribution is -2.22. The van der Waals surface area contributed by atoms with Crippen LogP contribution in [0, 0.1) is 0 Å². The molecule has 0 saturated heterocycles. The summed E-state index contributed by atoms with van der Waals surface area (Å²) in [6, 6.07) is 0. The van der Waals surface area contributed by atoms with Crippen LogP contribution in [-0.2, 0) is 9.53 Å². The third-order valence-electron chi connectivity index (χ3n) is 1.34. The van der Waals surface area contributed by atoms with Crippen LogP contribution in [0.4, 0.5) is 0 Å². The Morgan fingerprint density at radius 3 is 2.43 bits per heavy atom. The second kappa shape index (κ2) is 6.41. The van der Waals surface area contributed by atoms with Gasteiger partial charge in [0.2, 0.25) is 0 Å². The summed E-state index contributed by atoms with van der Waals surface area (Å²) in [6.45, 7) is 7.67. The van der Waals surface area contributed by atoms with Gasteiger partial charge < -0.3 is 4.74 Å². The van der Waals surface area contributed by atoms with Gasteiger partial charge in [0.25, 0.3) is 0 Å². The average molecular weight is 196 g/mol. The zero-order chi connectivity index (χ0) is 11.0. The fourth-order valence-corrected chi connectivity index (χ4v) is 0.811. The number of unbranched alkanes of at least 4 members (excludes halogenated alkanes) is 1. The van der Waals surface area contributed by atoms with E-state index in [-0.39, 0.29) is 5.97 Å². The molecule has 0 aromatic carbocycles. The van der Waals surface area contributed by atoms with Crippen LogP contribution in [0.15, 0.2) is 24.3 Å². The summed E-state index contributed by atoms with van der Waals surface area (Å²) < 4.78 is 5.08. The summed E-state index contributed by atoms with van der Waals surface area (Å²) in [5, 5.41) is 0. The van der Waals surface area contributed by atoms with E-state index in [0.717, 1.165) is 12.8 Å². The minimum absolute atomic E-state index is 0.293. The Morgan fingerprint density at radius 2 is 1.93 bits per heavy atom. The van der Waals surface area contributed by atoms with Gasteiger partial charge in [-0.2, -0.15) is 0 Å². The Balaban J connectivity index is 3.83. The summed E-state index contributed by atoms with van der Waals surface area (Å²) in [7, 11) is 0. The second-order valence-electron chi connectivity index (χ2n) is 4.11. The molecule has 0 bridgehead atoms. The summed E-state index contributed by atoms with van der Waals surface area (Å²) in [5.41, 5.74) is -0.408. The highest BCUT2D eigenvalue weighted by Crippen LogP contribution is 2.06. The zero-order valence-corrected chi connectivity index (χ0v) is 9.54. The van der Waals surface area contributed by atoms with E-state index in [1.165, 1.54) is 6.08 Å². The van der Waals surface area contributed by atoms with Crippen LogP contribution in [-0.4, -0.2) is 11.6 Å². The highest BCUT2D eigenvalue weighted by molar-refractivity contribution is 5.82. The maximum Gasteiger partial charge on any atom is 0.331 e. The van der Waals surface area contributed by atoms with Gasteiger partial charge in [-0.3, -0.25) is 0 Å². The Bertz CT molecular complexity index is 219. The number of ether oxygens (including phenoxy) is 1. The number of rotatable bonds is 4. The molecule has 0 spiro atoms. The zero-order valence-electron chi connectivity index (χ0n) is 9.54. The molecule has 0 aliphatic rings. The Labute approximate surface area is 86.6 Å². The predicted molar refractivity (Wildman–Crippen MR) is 59.0 cm³/mol. The molecule has 2 nitrogen and oxygen atoms in total. The van der Waals surface area contributed by atoms with E-state index >= 15 is 0 Å². The van der Waals surface area contributed by atoms with Crippen molar-refractivity contribution in [2.45, 2.75) is 46.1 Å². The molecule has 0 N–H and O–H groups in total. The molecular weight excluding hydrogens is 176 g/mol. The van der Waals surface area contributed by atoms with Gasteiger partial charge >= 0.3 is 5.97 Å². The second-order valence-corrected chi connectivity index (χ2v) is 4.11. The van der Waals surface area contributed by atoms with Crippen molar-refractivity contribution in [2.75, 3.05) is 0 Å². The smallest absolute Gasteiger partial charge is 0.331 e. The highest BCUT2D eigenvalue weighted by atomic mass is 16.6. The van der Waals surface area contributed by atoms with E-state index in [1.807, 2.05) is 32.9 Å². The molecule has 0 aliphatic carbocycles. The molecular formula is C12H20O2. The maximum absolute atomic E-state index is 11.1. The first-order chi connectivity index (χ1) is 6.45. The maximum atomic E-state index is 11.1. The Hall–Kier alpha value is -1.05. The molecule has 0 heterocycles. The van der Waals surface area contributed by atoms with E-state index in [1.54, 1.807) is 6.08 Å². The van der Waals surface area contributed by atoms with Gasteiger partial charge in [0.1, 0.15) is 5.60 Å². The van der Waals surface area contributed by atoms with E-state index in [9.17, 15) is 4.79 Å². The molecule has 80 valence electrons. The summed E-state index contributed by atoms with van der Waals surface area (Å²) in [5.74, 6) is -0.293. The van der Waals surface area contributed by atoms with E-state index in [4.69, 9.17) is 4.74 Å². The lowest BCUT2D eigenvalue weighted by molar-refractivity contribution is -0.148. The molecule has 0 aromatic rings. The third kappa shape index (κ3) is 9.04. The monoisotopic (exact) mass is 196 g/mol. The molecule has 0 saturated carbocycles. The van der Waals surface area contributed by atoms with Crippen molar-refractivity contribution in [3.05, 3.63) is 24.3 Å². The van der Waals surface area contributed by atoms with E-state index in [2.05, 4.69) is 6.92 Å². The normalized spacial score (nSPS) is 12.6. The first-order valence-corrected chi connectivity index (χ1v) is 5.02. The van der Waals surface area contributed by atoms with Gasteiger partial charge in [-0.05, 0) is 27.2 Å². The molecule has 14 heavy (non-hydrogen) atoms. The Morgan fingerprint density at radius 1 is 1.29 bits per heavy atom. The van der Waals surface area contributed by atoms with Crippen molar-refractivity contribution in [2.24, 2.45) is 0 Å². The predicted octanol–water partition coefficient (Wildman–Crippen LogP) is 3.24. The van der Waals surface area contributed by atoms with E-state index in [0.29, 0.717) is 0 Å². The summed E-state index contributed by atoms with van der Waals surface area (Å²) >= 11 is 0. The minimum atomic E-state index is -0.408. The molecule has 0 rings (SSSR count). The number of hydrogen-bond acceptors (Lipinski definition) is 2. The van der Waals surface area contributed by atoms with Gasteiger partial charge in [0, 0.05) is 6.08 Å². The van der Waals surface area contributed by atoms with Crippen LogP contribution in [0.2, 0.25) is 0 Å². The first-order valence-electron chi connectivity index (χ1n) is 5.02. The quantitative estimate of drug-likeness (QED) is 0.392. The molecule has 0 amide bonds. The van der Waals surface area contributed by atoms with Crippen LogP contribution in [0.3, 0.4) is 0 Å². The van der Waals surface area contributed by atoms with Gasteiger partial charge in [-0.1, -0.05) is 31.6 Å². The number of carbonyl (C=O) groups excluding carboxylic acids is 1. The first kappa shape index (κ1) is 12.9. The average Bonchev–Trinajstić information content (AvgIpc) is 2.00. The van der Waals surface area contributed by atoms with Crippen molar-refractivity contribution in [1.29, 1.82) is 0 Å². The van der Waals surface area contributed by atoms with Crippen LogP contribution in [0.1, 0.15) is 40.5 Å². The number of hydrogen-bond donors (Lipinski definition) is 0. The molecule has 0 fully saturated rings. The van der Waals surface area contributed by atoms with Crippen LogP contribution < -0.4 is 0 Å². The number of allylic oxidation sites excluding steroid dienone is 3. The van der Waals surface area contributed by atoms with Crippen molar-refractivity contribution < 1.29 is 9.53 Å². The van der Waals surface area contributed by atoms with Crippen molar-refractivity contribution in [3.63, 3.8) is 0 Å². The summed E-state index contributed by atoms with van der Waals surface area (Å²) in [6.07, 6.45) is 9.21. The summed E-state index contributed by atoms with van der Waals surface area (Å²) in [4.78, 5) is 11.1. The van der Waals surface area contributed by atoms with Crippen LogP contribution in [0.25, 0.3) is 0 Å². The van der Waals surface area contributed by atoms with Gasteiger partial charge in [0.05, 0.1) is 0 Å². The van der Waals surface area contributed by atoms with Crippen LogP contribution >= 0.6 is 0 Å². The van der Waals surface area contributed by atoms with Gasteiger partial charge in [-0.15, -0.1) is 0 Å². The third-order valence-corrected chi connectivity index (χ3v) is 1.34. The highest BCUT2D eigenvalue weighted by Gasteiger charge is 2.13. The van der Waals surface area contributed by atoms with Gasteiger partial charge in [0.15, 0.2) is 0 Å². The largest absolute Gasteiger partial charge is 0.457 e. The SMILES string of the molecule is CCCC=CC=CC(=O)OC(C)(C)C. The molecule has 0 radical (unpaired) electrons. The fraction of sp³-hybridized carbons (Fsp3) is 0.583. The van der Waals surface area contributed by atoms with Crippen molar-refractivity contribution in [1.82, 2.24) is 0 Å². The van der Waals surface area contributed by atoms with Gasteiger partial charge in [-0.25, -0.2) is 4.79 Å². The topological polar surface area (TPSA) is 26.3 Å². The molecule has 0 aromatic heterocycles. The molecule has 0 atom stereocenters. The van der Waals surface area contributed by atoms with E-state index < -0.39 is 5.60 Å². The lowest BCUT2D eigenvalue weighted by Gasteiger charge is -2.17. The number of esters is 1. The number of carbonyl (C=O) groups is 1. The lowest BCUT2D eigenvalue weighted by atomic mass is 10.2. The molecule has 0 unspecified atom stereocenters.